The van der Waals surface area contributed by atoms with Gasteiger partial charge in [0, 0.05) is 23.0 Å². The van der Waals surface area contributed by atoms with Crippen molar-refractivity contribution >= 4 is 40.4 Å². The van der Waals surface area contributed by atoms with E-state index in [1.54, 1.807) is 48.5 Å². The number of esters is 1. The molecule has 2 N–H and O–H groups in total. The number of hydrogen-bond acceptors (Lipinski definition) is 5. The van der Waals surface area contributed by atoms with Crippen molar-refractivity contribution in [2.75, 3.05) is 7.05 Å². The average Bonchev–Trinajstić information content (AvgIpc) is 2.73. The fourth-order valence-corrected chi connectivity index (χ4v) is 2.79. The van der Waals surface area contributed by atoms with E-state index in [4.69, 9.17) is 16.3 Å². The number of pyridine rings is 1. The molecule has 7 nitrogen and oxygen atoms in total. The maximum absolute atomic E-state index is 12.8. The van der Waals surface area contributed by atoms with Crippen LogP contribution in [0.4, 0.5) is 4.79 Å². The lowest BCUT2D eigenvalue weighted by molar-refractivity contribution is -0.127. The number of nitrogens with zero attached hydrogens (tertiary/aromatic N) is 1. The number of fused-ring (bicyclic) bond motifs is 1. The van der Waals surface area contributed by atoms with Crippen molar-refractivity contribution in [1.82, 2.24) is 15.6 Å². The Kier molecular flexibility index (Phi) is 6.09. The number of hydrogen-bond donors (Lipinski definition) is 2. The van der Waals surface area contributed by atoms with Crippen molar-refractivity contribution in [2.24, 2.45) is 0 Å². The number of benzene rings is 2. The summed E-state index contributed by atoms with van der Waals surface area (Å²) in [5.41, 5.74) is 2.21. The van der Waals surface area contributed by atoms with Gasteiger partial charge < -0.3 is 10.1 Å². The Morgan fingerprint density at radius 2 is 1.76 bits per heavy atom. The van der Waals surface area contributed by atoms with Gasteiger partial charge in [0.1, 0.15) is 0 Å². The molecule has 0 aliphatic carbocycles. The van der Waals surface area contributed by atoms with Crippen LogP contribution in [0.5, 0.6) is 0 Å². The van der Waals surface area contributed by atoms with Crippen LogP contribution in [-0.2, 0) is 9.53 Å². The zero-order valence-electron chi connectivity index (χ0n) is 15.7. The maximum atomic E-state index is 12.8. The van der Waals surface area contributed by atoms with Gasteiger partial charge in [0.05, 0.1) is 16.8 Å². The molecule has 0 spiro atoms. The van der Waals surface area contributed by atoms with Gasteiger partial charge in [-0.3, -0.25) is 10.1 Å². The first-order valence-corrected chi connectivity index (χ1v) is 9.16. The van der Waals surface area contributed by atoms with Gasteiger partial charge in [0.15, 0.2) is 6.10 Å². The molecule has 3 rings (SSSR count). The van der Waals surface area contributed by atoms with Gasteiger partial charge in [-0.2, -0.15) is 0 Å². The highest BCUT2D eigenvalue weighted by molar-refractivity contribution is 6.30. The number of amides is 3. The Labute approximate surface area is 172 Å². The zero-order valence-corrected chi connectivity index (χ0v) is 16.5. The van der Waals surface area contributed by atoms with Crippen LogP contribution in [-0.4, -0.2) is 36.0 Å². The fraction of sp³-hybridized carbons (Fsp3) is 0.143. The minimum Gasteiger partial charge on any atom is -0.449 e. The third kappa shape index (κ3) is 4.70. The molecular weight excluding hydrogens is 394 g/mol. The Bertz CT molecular complexity index is 1080. The van der Waals surface area contributed by atoms with Gasteiger partial charge >= 0.3 is 12.0 Å². The second-order valence-electron chi connectivity index (χ2n) is 6.20. The molecule has 1 atom stereocenters. The van der Waals surface area contributed by atoms with Crippen molar-refractivity contribution in [3.05, 3.63) is 65.2 Å². The van der Waals surface area contributed by atoms with E-state index in [0.717, 1.165) is 5.56 Å². The first-order chi connectivity index (χ1) is 13.9. The molecule has 0 aliphatic rings. The number of para-hydroxylation sites is 1. The summed E-state index contributed by atoms with van der Waals surface area (Å²) in [6, 6.07) is 15.1. The number of aromatic nitrogens is 1. The third-order valence-electron chi connectivity index (χ3n) is 4.19. The van der Waals surface area contributed by atoms with Gasteiger partial charge in [0.2, 0.25) is 0 Å². The Morgan fingerprint density at radius 3 is 2.45 bits per heavy atom. The van der Waals surface area contributed by atoms with E-state index in [9.17, 15) is 14.4 Å². The SMILES string of the molecule is CNC(=O)NC(=O)C(C)OC(=O)c1cc(-c2ccc(Cl)cc2)nc2ccccc12. The molecule has 29 heavy (non-hydrogen) atoms. The van der Waals surface area contributed by atoms with Gasteiger partial charge in [-0.05, 0) is 31.2 Å². The summed E-state index contributed by atoms with van der Waals surface area (Å²) in [6.07, 6.45) is -1.16. The van der Waals surface area contributed by atoms with Gasteiger partial charge in [-0.15, -0.1) is 0 Å². The van der Waals surface area contributed by atoms with Gasteiger partial charge in [-0.1, -0.05) is 41.9 Å². The topological polar surface area (TPSA) is 97.4 Å². The largest absolute Gasteiger partial charge is 0.449 e. The van der Waals surface area contributed by atoms with E-state index in [1.165, 1.54) is 14.0 Å². The minimum atomic E-state index is -1.16. The quantitative estimate of drug-likeness (QED) is 0.640. The molecule has 1 heterocycles. The van der Waals surface area contributed by atoms with Crippen LogP contribution < -0.4 is 10.6 Å². The van der Waals surface area contributed by atoms with E-state index in [-0.39, 0.29) is 5.56 Å². The van der Waals surface area contributed by atoms with E-state index < -0.39 is 24.0 Å². The molecule has 0 saturated carbocycles. The first-order valence-electron chi connectivity index (χ1n) is 8.78. The highest BCUT2D eigenvalue weighted by Crippen LogP contribution is 2.26. The molecule has 148 valence electrons. The lowest BCUT2D eigenvalue weighted by atomic mass is 10.0. The molecule has 3 aromatic rings. The number of carbonyl (C=O) groups excluding carboxylic acids is 3. The number of halogens is 1. The molecular formula is C21H18ClN3O4. The van der Waals surface area contributed by atoms with E-state index >= 15 is 0 Å². The number of urea groups is 1. The third-order valence-corrected chi connectivity index (χ3v) is 4.44. The minimum absolute atomic E-state index is 0.264. The second kappa shape index (κ2) is 8.70. The standard InChI is InChI=1S/C21H18ClN3O4/c1-12(19(26)25-21(28)23-2)29-20(27)16-11-18(13-7-9-14(22)10-8-13)24-17-6-4-3-5-15(16)17/h3-12H,1-2H3,(H2,23,25,26,28). The van der Waals surface area contributed by atoms with Crippen LogP contribution in [0.2, 0.25) is 5.02 Å². The molecule has 0 fully saturated rings. The van der Waals surface area contributed by atoms with Crippen molar-refractivity contribution in [2.45, 2.75) is 13.0 Å². The highest BCUT2D eigenvalue weighted by atomic mass is 35.5. The molecule has 0 radical (unpaired) electrons. The lowest BCUT2D eigenvalue weighted by Gasteiger charge is -2.14. The molecule has 3 amide bonds. The summed E-state index contributed by atoms with van der Waals surface area (Å²) >= 11 is 5.95. The van der Waals surface area contributed by atoms with Crippen LogP contribution in [0, 0.1) is 0 Å². The predicted octanol–water partition coefficient (Wildman–Crippen LogP) is 3.56. The number of ether oxygens (including phenoxy) is 1. The average molecular weight is 412 g/mol. The van der Waals surface area contributed by atoms with Crippen molar-refractivity contribution < 1.29 is 19.1 Å². The van der Waals surface area contributed by atoms with E-state index in [0.29, 0.717) is 21.6 Å². The number of nitrogens with one attached hydrogen (secondary N) is 2. The Balaban J connectivity index is 1.95. The summed E-state index contributed by atoms with van der Waals surface area (Å²) in [6.45, 7) is 1.39. The van der Waals surface area contributed by atoms with Crippen LogP contribution in [0.3, 0.4) is 0 Å². The molecule has 2 aromatic carbocycles. The van der Waals surface area contributed by atoms with Gasteiger partial charge in [0.25, 0.3) is 5.91 Å². The number of carbonyl (C=O) groups is 3. The van der Waals surface area contributed by atoms with E-state index in [2.05, 4.69) is 15.6 Å². The summed E-state index contributed by atoms with van der Waals surface area (Å²) in [5, 5.41) is 5.52. The zero-order chi connectivity index (χ0) is 21.0. The molecule has 0 saturated heterocycles. The molecule has 8 heteroatoms. The summed E-state index contributed by atoms with van der Waals surface area (Å²) < 4.78 is 5.28. The maximum Gasteiger partial charge on any atom is 0.339 e. The van der Waals surface area contributed by atoms with E-state index in [1.807, 2.05) is 6.07 Å². The molecule has 0 aliphatic heterocycles. The monoisotopic (exact) mass is 411 g/mol. The normalized spacial score (nSPS) is 11.6. The summed E-state index contributed by atoms with van der Waals surface area (Å²) in [7, 11) is 1.38. The second-order valence-corrected chi connectivity index (χ2v) is 6.63. The van der Waals surface area contributed by atoms with Crippen molar-refractivity contribution in [1.29, 1.82) is 0 Å². The smallest absolute Gasteiger partial charge is 0.339 e. The molecule has 0 bridgehead atoms. The number of imide groups is 1. The highest BCUT2D eigenvalue weighted by Gasteiger charge is 2.22. The fourth-order valence-electron chi connectivity index (χ4n) is 2.67. The summed E-state index contributed by atoms with van der Waals surface area (Å²) in [4.78, 5) is 40.7. The molecule has 1 unspecified atom stereocenters. The van der Waals surface area contributed by atoms with Crippen LogP contribution in [0.25, 0.3) is 22.2 Å². The first kappa shape index (κ1) is 20.3. The summed E-state index contributed by atoms with van der Waals surface area (Å²) in [5.74, 6) is -1.42. The Hall–Kier alpha value is -3.45. The van der Waals surface area contributed by atoms with Crippen LogP contribution in [0.15, 0.2) is 54.6 Å². The lowest BCUT2D eigenvalue weighted by Crippen LogP contribution is -2.43. The van der Waals surface area contributed by atoms with Gasteiger partial charge in [-0.25, -0.2) is 14.6 Å². The molecule has 1 aromatic heterocycles. The van der Waals surface area contributed by atoms with Crippen molar-refractivity contribution in [3.8, 4) is 11.3 Å². The van der Waals surface area contributed by atoms with Crippen LogP contribution >= 0.6 is 11.6 Å². The van der Waals surface area contributed by atoms with Crippen LogP contribution in [0.1, 0.15) is 17.3 Å². The Morgan fingerprint density at radius 1 is 1.07 bits per heavy atom. The predicted molar refractivity (Wildman–Crippen MR) is 110 cm³/mol. The van der Waals surface area contributed by atoms with Crippen molar-refractivity contribution in [3.63, 3.8) is 0 Å². The number of rotatable bonds is 4.